The average Bonchev–Trinajstić information content (AvgIpc) is 2.72. The number of unbranched alkanes of at least 4 members (excludes halogenated alkanes) is 1. The number of nitrogens with one attached hydrogen (secondary N) is 1. The van der Waals surface area contributed by atoms with Crippen LogP contribution in [-0.4, -0.2) is 4.98 Å². The normalized spacial score (nSPS) is 12.5. The van der Waals surface area contributed by atoms with Gasteiger partial charge in [0.25, 0.3) is 0 Å². The van der Waals surface area contributed by atoms with Crippen molar-refractivity contribution in [2.75, 3.05) is 0 Å². The van der Waals surface area contributed by atoms with Crippen molar-refractivity contribution in [3.63, 3.8) is 0 Å². The fourth-order valence-electron chi connectivity index (χ4n) is 1.99. The van der Waals surface area contributed by atoms with Crippen molar-refractivity contribution < 1.29 is 0 Å². The molecule has 0 aliphatic rings. The standard InChI is InChI=1S/C18H19N/c1-4-5-6-9-14(2)12-13-16-15(3)19-18-11-8-7-10-17(16)18/h7-8,10-13,19H,3-5H2,1-2H3/b14-12+,16-13+. The molecule has 1 heterocycles. The lowest BCUT2D eigenvalue weighted by Gasteiger charge is -1.87. The summed E-state index contributed by atoms with van der Waals surface area (Å²) in [6, 6.07) is 8.25. The first-order chi connectivity index (χ1) is 9.22. The summed E-state index contributed by atoms with van der Waals surface area (Å²) in [7, 11) is 0. The summed E-state index contributed by atoms with van der Waals surface area (Å²) in [5, 5.41) is 3.30. The van der Waals surface area contributed by atoms with Crippen LogP contribution >= 0.6 is 0 Å². The zero-order valence-electron chi connectivity index (χ0n) is 11.6. The van der Waals surface area contributed by atoms with Crippen LogP contribution in [0.3, 0.4) is 0 Å². The van der Waals surface area contributed by atoms with Crippen molar-refractivity contribution in [3.8, 4) is 11.8 Å². The molecule has 0 saturated carbocycles. The van der Waals surface area contributed by atoms with E-state index >= 15 is 0 Å². The number of rotatable bonds is 2. The van der Waals surface area contributed by atoms with Gasteiger partial charge in [-0.15, -0.1) is 0 Å². The van der Waals surface area contributed by atoms with Crippen molar-refractivity contribution in [1.82, 2.24) is 4.98 Å². The van der Waals surface area contributed by atoms with Gasteiger partial charge in [-0.2, -0.15) is 0 Å². The fourth-order valence-corrected chi connectivity index (χ4v) is 1.99. The van der Waals surface area contributed by atoms with Crippen LogP contribution in [0.4, 0.5) is 0 Å². The highest BCUT2D eigenvalue weighted by Gasteiger charge is 1.96. The molecule has 0 fully saturated rings. The van der Waals surface area contributed by atoms with E-state index in [1.807, 2.05) is 19.1 Å². The first kappa shape index (κ1) is 13.2. The maximum Gasteiger partial charge on any atom is 0.0464 e. The van der Waals surface area contributed by atoms with Gasteiger partial charge in [0.15, 0.2) is 0 Å². The second-order valence-corrected chi connectivity index (χ2v) is 4.63. The second-order valence-electron chi connectivity index (χ2n) is 4.63. The van der Waals surface area contributed by atoms with Crippen LogP contribution in [0.15, 0.2) is 35.9 Å². The van der Waals surface area contributed by atoms with Gasteiger partial charge in [0.05, 0.1) is 0 Å². The second kappa shape index (κ2) is 6.11. The molecule has 0 unspecified atom stereocenters. The highest BCUT2D eigenvalue weighted by atomic mass is 14.7. The van der Waals surface area contributed by atoms with E-state index in [1.165, 1.54) is 5.39 Å². The molecule has 1 nitrogen and oxygen atoms in total. The number of hydrogen-bond acceptors (Lipinski definition) is 0. The molecular formula is C18H19N. The number of para-hydroxylation sites is 1. The van der Waals surface area contributed by atoms with E-state index < -0.39 is 0 Å². The number of benzene rings is 1. The van der Waals surface area contributed by atoms with Crippen LogP contribution in [0.25, 0.3) is 23.6 Å². The van der Waals surface area contributed by atoms with Gasteiger partial charge in [-0.05, 0) is 25.0 Å². The lowest BCUT2D eigenvalue weighted by molar-refractivity contribution is 0.983. The van der Waals surface area contributed by atoms with E-state index in [4.69, 9.17) is 0 Å². The maximum atomic E-state index is 4.06. The summed E-state index contributed by atoms with van der Waals surface area (Å²) in [4.78, 5) is 3.30. The molecule has 1 N–H and O–H groups in total. The highest BCUT2D eigenvalue weighted by molar-refractivity contribution is 5.81. The van der Waals surface area contributed by atoms with Crippen LogP contribution in [0.1, 0.15) is 26.7 Å². The van der Waals surface area contributed by atoms with Crippen LogP contribution in [0, 0.1) is 11.8 Å². The van der Waals surface area contributed by atoms with E-state index in [9.17, 15) is 0 Å². The molecular weight excluding hydrogens is 230 g/mol. The van der Waals surface area contributed by atoms with E-state index in [0.717, 1.165) is 34.5 Å². The lowest BCUT2D eigenvalue weighted by atomic mass is 10.2. The largest absolute Gasteiger partial charge is 0.355 e. The SMILES string of the molecule is C=c1[nH]c2ccccc2/c1=C/C=C(\C)C#CCCC. The molecule has 1 aromatic carbocycles. The Bertz CT molecular complexity index is 763. The van der Waals surface area contributed by atoms with E-state index in [0.29, 0.717) is 0 Å². The monoisotopic (exact) mass is 249 g/mol. The summed E-state index contributed by atoms with van der Waals surface area (Å²) in [5.41, 5.74) is 2.21. The Labute approximate surface area is 114 Å². The molecule has 2 rings (SSSR count). The Kier molecular flexibility index (Phi) is 4.26. The van der Waals surface area contributed by atoms with Gasteiger partial charge >= 0.3 is 0 Å². The van der Waals surface area contributed by atoms with Gasteiger partial charge in [-0.3, -0.25) is 0 Å². The summed E-state index contributed by atoms with van der Waals surface area (Å²) in [6.45, 7) is 8.24. The predicted molar refractivity (Wildman–Crippen MR) is 84.0 cm³/mol. The van der Waals surface area contributed by atoms with Crippen LogP contribution in [0.5, 0.6) is 0 Å². The van der Waals surface area contributed by atoms with E-state index in [1.54, 1.807) is 0 Å². The van der Waals surface area contributed by atoms with E-state index in [-0.39, 0.29) is 0 Å². The summed E-state index contributed by atoms with van der Waals surface area (Å²) < 4.78 is 0. The zero-order chi connectivity index (χ0) is 13.7. The summed E-state index contributed by atoms with van der Waals surface area (Å²) in [5.74, 6) is 6.32. The van der Waals surface area contributed by atoms with Crippen molar-refractivity contribution in [3.05, 3.63) is 46.5 Å². The molecule has 1 heteroatoms. The number of allylic oxidation sites excluding steroid dienone is 2. The van der Waals surface area contributed by atoms with Crippen molar-refractivity contribution in [1.29, 1.82) is 0 Å². The summed E-state index contributed by atoms with van der Waals surface area (Å²) in [6.07, 6.45) is 6.22. The van der Waals surface area contributed by atoms with Crippen LogP contribution in [-0.2, 0) is 0 Å². The number of aromatic nitrogens is 1. The Hall–Kier alpha value is -2.20. The first-order valence-electron chi connectivity index (χ1n) is 6.65. The third kappa shape index (κ3) is 3.17. The van der Waals surface area contributed by atoms with Gasteiger partial charge in [0, 0.05) is 27.9 Å². The van der Waals surface area contributed by atoms with Gasteiger partial charge in [0.1, 0.15) is 0 Å². The predicted octanol–water partition coefficient (Wildman–Crippen LogP) is 3.11. The molecule has 0 atom stereocenters. The molecule has 19 heavy (non-hydrogen) atoms. The Morgan fingerprint density at radius 1 is 1.37 bits per heavy atom. The minimum absolute atomic E-state index is 0.951. The van der Waals surface area contributed by atoms with Gasteiger partial charge in [-0.1, -0.05) is 55.7 Å². The quantitative estimate of drug-likeness (QED) is 0.787. The average molecular weight is 249 g/mol. The molecule has 0 aliphatic carbocycles. The number of hydrogen-bond donors (Lipinski definition) is 1. The van der Waals surface area contributed by atoms with E-state index in [2.05, 4.69) is 54.6 Å². The Morgan fingerprint density at radius 2 is 2.16 bits per heavy atom. The Morgan fingerprint density at radius 3 is 2.95 bits per heavy atom. The minimum Gasteiger partial charge on any atom is -0.355 e. The number of H-pyrrole nitrogens is 1. The molecule has 0 radical (unpaired) electrons. The topological polar surface area (TPSA) is 15.8 Å². The Balaban J connectivity index is 2.43. The minimum atomic E-state index is 0.951. The van der Waals surface area contributed by atoms with Crippen molar-refractivity contribution in [2.45, 2.75) is 26.7 Å². The van der Waals surface area contributed by atoms with Gasteiger partial charge in [-0.25, -0.2) is 0 Å². The maximum absolute atomic E-state index is 4.06. The van der Waals surface area contributed by atoms with Crippen molar-refractivity contribution >= 4 is 23.6 Å². The fraction of sp³-hybridized carbons (Fsp3) is 0.222. The molecule has 0 amide bonds. The number of aromatic amines is 1. The van der Waals surface area contributed by atoms with Crippen LogP contribution < -0.4 is 10.6 Å². The first-order valence-corrected chi connectivity index (χ1v) is 6.65. The number of fused-ring (bicyclic) bond motifs is 1. The third-order valence-electron chi connectivity index (χ3n) is 2.99. The van der Waals surface area contributed by atoms with Crippen LogP contribution in [0.2, 0.25) is 0 Å². The molecule has 0 aliphatic heterocycles. The molecule has 2 aromatic rings. The molecule has 96 valence electrons. The van der Waals surface area contributed by atoms with Gasteiger partial charge in [0.2, 0.25) is 0 Å². The molecule has 0 saturated heterocycles. The summed E-state index contributed by atoms with van der Waals surface area (Å²) >= 11 is 0. The lowest BCUT2D eigenvalue weighted by Crippen LogP contribution is -2.20. The van der Waals surface area contributed by atoms with Gasteiger partial charge < -0.3 is 4.98 Å². The molecule has 1 aromatic heterocycles. The molecule has 0 spiro atoms. The zero-order valence-corrected chi connectivity index (χ0v) is 11.6. The van der Waals surface area contributed by atoms with Crippen molar-refractivity contribution in [2.24, 2.45) is 0 Å². The smallest absolute Gasteiger partial charge is 0.0464 e. The highest BCUT2D eigenvalue weighted by Crippen LogP contribution is 2.03. The molecule has 0 bridgehead atoms. The third-order valence-corrected chi connectivity index (χ3v) is 2.99.